The third-order valence-corrected chi connectivity index (χ3v) is 5.64. The van der Waals surface area contributed by atoms with E-state index < -0.39 is 0 Å². The van der Waals surface area contributed by atoms with E-state index in [0.29, 0.717) is 25.0 Å². The fraction of sp³-hybridized carbons (Fsp3) is 0.417. The largest absolute Gasteiger partial charge is 0.336 e. The molecule has 1 aliphatic heterocycles. The molecule has 0 atom stereocenters. The first-order valence-electron chi connectivity index (χ1n) is 11.1. The van der Waals surface area contributed by atoms with Crippen LogP contribution >= 0.6 is 0 Å². The highest BCUT2D eigenvalue weighted by Crippen LogP contribution is 2.23. The molecular weight excluding hydrogens is 402 g/mol. The molecule has 0 saturated carbocycles. The van der Waals surface area contributed by atoms with E-state index in [0.717, 1.165) is 42.1 Å². The Kier molecular flexibility index (Phi) is 6.50. The first-order valence-corrected chi connectivity index (χ1v) is 11.1. The van der Waals surface area contributed by atoms with Gasteiger partial charge in [0.25, 0.3) is 0 Å². The van der Waals surface area contributed by atoms with Crippen molar-refractivity contribution in [3.63, 3.8) is 0 Å². The zero-order valence-electron chi connectivity index (χ0n) is 19.2. The lowest BCUT2D eigenvalue weighted by molar-refractivity contribution is -0.136. The highest BCUT2D eigenvalue weighted by molar-refractivity contribution is 5.79. The molecule has 0 spiro atoms. The number of rotatable bonds is 7. The van der Waals surface area contributed by atoms with Gasteiger partial charge < -0.3 is 10.2 Å². The number of carbonyl (C=O) groups is 1. The standard InChI is InChI=1S/C24H31N7O/c1-17(2)13-30-9-10-31(23(32)16-30)14-20-6-5-19(11-18(20)3)22-7-8-25-24(28-22)27-21-12-26-29(4)15-21/h5-8,11-12,15,17H,9-10,13-14,16H2,1-4H3,(H,25,27,28). The van der Waals surface area contributed by atoms with Crippen molar-refractivity contribution in [1.29, 1.82) is 0 Å². The lowest BCUT2D eigenvalue weighted by atomic mass is 10.0. The Bertz CT molecular complexity index is 1090. The molecule has 8 nitrogen and oxygen atoms in total. The molecule has 8 heteroatoms. The topological polar surface area (TPSA) is 79.2 Å². The Labute approximate surface area is 189 Å². The summed E-state index contributed by atoms with van der Waals surface area (Å²) in [6, 6.07) is 8.21. The Hall–Kier alpha value is -3.26. The molecule has 1 aromatic carbocycles. The second-order valence-corrected chi connectivity index (χ2v) is 8.88. The second kappa shape index (κ2) is 9.48. The lowest BCUT2D eigenvalue weighted by Crippen LogP contribution is -2.50. The summed E-state index contributed by atoms with van der Waals surface area (Å²) in [5, 5.41) is 7.33. The molecular formula is C24H31N7O. The van der Waals surface area contributed by atoms with E-state index in [1.807, 2.05) is 24.2 Å². The number of carbonyl (C=O) groups excluding carboxylic acids is 1. The van der Waals surface area contributed by atoms with Crippen molar-refractivity contribution in [2.24, 2.45) is 13.0 Å². The average Bonchev–Trinajstić information content (AvgIpc) is 3.15. The van der Waals surface area contributed by atoms with Crippen LogP contribution in [0.4, 0.5) is 11.6 Å². The summed E-state index contributed by atoms with van der Waals surface area (Å²) in [6.45, 7) is 10.3. The Balaban J connectivity index is 1.43. The third kappa shape index (κ3) is 5.31. The van der Waals surface area contributed by atoms with Crippen LogP contribution in [0.1, 0.15) is 25.0 Å². The summed E-state index contributed by atoms with van der Waals surface area (Å²) in [7, 11) is 1.87. The molecule has 1 amide bonds. The molecule has 32 heavy (non-hydrogen) atoms. The number of hydrogen-bond acceptors (Lipinski definition) is 6. The second-order valence-electron chi connectivity index (χ2n) is 8.88. The number of nitrogens with one attached hydrogen (secondary N) is 1. The normalized spacial score (nSPS) is 14.9. The molecule has 1 saturated heterocycles. The molecule has 1 fully saturated rings. The van der Waals surface area contributed by atoms with Gasteiger partial charge in [0.2, 0.25) is 11.9 Å². The van der Waals surface area contributed by atoms with Crippen LogP contribution in [-0.2, 0) is 18.4 Å². The van der Waals surface area contributed by atoms with Gasteiger partial charge in [-0.05, 0) is 36.1 Å². The Morgan fingerprint density at radius 1 is 1.19 bits per heavy atom. The van der Waals surface area contributed by atoms with Gasteiger partial charge >= 0.3 is 0 Å². The number of amides is 1. The zero-order valence-corrected chi connectivity index (χ0v) is 19.2. The van der Waals surface area contributed by atoms with E-state index >= 15 is 0 Å². The summed E-state index contributed by atoms with van der Waals surface area (Å²) in [5.74, 6) is 1.32. The first kappa shape index (κ1) is 22.0. The van der Waals surface area contributed by atoms with Gasteiger partial charge in [0.1, 0.15) is 0 Å². The van der Waals surface area contributed by atoms with E-state index in [1.54, 1.807) is 17.1 Å². The molecule has 2 aromatic heterocycles. The maximum Gasteiger partial charge on any atom is 0.237 e. The van der Waals surface area contributed by atoms with Crippen LogP contribution in [0.15, 0.2) is 42.9 Å². The highest BCUT2D eigenvalue weighted by atomic mass is 16.2. The SMILES string of the molecule is Cc1cc(-c2ccnc(Nc3cnn(C)c3)n2)ccc1CN1CCN(CC(C)C)CC1=O. The summed E-state index contributed by atoms with van der Waals surface area (Å²) in [4.78, 5) is 25.8. The minimum absolute atomic E-state index is 0.210. The minimum Gasteiger partial charge on any atom is -0.336 e. The molecule has 4 rings (SSSR count). The molecule has 0 bridgehead atoms. The molecule has 0 aliphatic carbocycles. The predicted octanol–water partition coefficient (Wildman–Crippen LogP) is 3.23. The summed E-state index contributed by atoms with van der Waals surface area (Å²) in [5.41, 5.74) is 5.03. The number of benzene rings is 1. The van der Waals surface area contributed by atoms with Crippen molar-refractivity contribution in [2.45, 2.75) is 27.3 Å². The van der Waals surface area contributed by atoms with Crippen LogP contribution < -0.4 is 5.32 Å². The van der Waals surface area contributed by atoms with Crippen LogP contribution in [-0.4, -0.2) is 61.6 Å². The highest BCUT2D eigenvalue weighted by Gasteiger charge is 2.24. The summed E-state index contributed by atoms with van der Waals surface area (Å²) >= 11 is 0. The van der Waals surface area contributed by atoms with Crippen molar-refractivity contribution in [3.8, 4) is 11.3 Å². The van der Waals surface area contributed by atoms with Crippen LogP contribution in [0.2, 0.25) is 0 Å². The first-order chi connectivity index (χ1) is 15.4. The van der Waals surface area contributed by atoms with Gasteiger partial charge in [-0.25, -0.2) is 9.97 Å². The maximum atomic E-state index is 12.6. The van der Waals surface area contributed by atoms with Gasteiger partial charge in [-0.3, -0.25) is 14.4 Å². The molecule has 3 aromatic rings. The average molecular weight is 434 g/mol. The minimum atomic E-state index is 0.210. The van der Waals surface area contributed by atoms with Gasteiger partial charge in [-0.2, -0.15) is 5.10 Å². The van der Waals surface area contributed by atoms with Gasteiger partial charge in [-0.15, -0.1) is 0 Å². The number of aromatic nitrogens is 4. The van der Waals surface area contributed by atoms with E-state index in [2.05, 4.69) is 64.3 Å². The van der Waals surface area contributed by atoms with E-state index in [-0.39, 0.29) is 5.91 Å². The smallest absolute Gasteiger partial charge is 0.237 e. The number of piperazine rings is 1. The number of hydrogen-bond donors (Lipinski definition) is 1. The third-order valence-electron chi connectivity index (χ3n) is 5.64. The molecule has 1 aliphatic rings. The van der Waals surface area contributed by atoms with Gasteiger partial charge in [0.05, 0.1) is 24.1 Å². The maximum absolute atomic E-state index is 12.6. The number of aryl methyl sites for hydroxylation is 2. The van der Waals surface area contributed by atoms with Crippen LogP contribution in [0.5, 0.6) is 0 Å². The molecule has 0 radical (unpaired) electrons. The van der Waals surface area contributed by atoms with Crippen molar-refractivity contribution < 1.29 is 4.79 Å². The van der Waals surface area contributed by atoms with Crippen LogP contribution in [0, 0.1) is 12.8 Å². The van der Waals surface area contributed by atoms with Crippen molar-refractivity contribution in [1.82, 2.24) is 29.5 Å². The van der Waals surface area contributed by atoms with Crippen LogP contribution in [0.3, 0.4) is 0 Å². The van der Waals surface area contributed by atoms with Gasteiger partial charge in [0.15, 0.2) is 0 Å². The van der Waals surface area contributed by atoms with E-state index in [4.69, 9.17) is 0 Å². The van der Waals surface area contributed by atoms with Crippen molar-refractivity contribution in [2.75, 3.05) is 31.5 Å². The Morgan fingerprint density at radius 2 is 2.03 bits per heavy atom. The molecule has 168 valence electrons. The number of anilines is 2. The molecule has 1 N–H and O–H groups in total. The zero-order chi connectivity index (χ0) is 22.7. The van der Waals surface area contributed by atoms with Crippen molar-refractivity contribution >= 4 is 17.5 Å². The summed E-state index contributed by atoms with van der Waals surface area (Å²) < 4.78 is 1.73. The van der Waals surface area contributed by atoms with Crippen LogP contribution in [0.25, 0.3) is 11.3 Å². The lowest BCUT2D eigenvalue weighted by Gasteiger charge is -2.35. The van der Waals surface area contributed by atoms with E-state index in [9.17, 15) is 4.79 Å². The number of nitrogens with zero attached hydrogens (tertiary/aromatic N) is 6. The summed E-state index contributed by atoms with van der Waals surface area (Å²) in [6.07, 6.45) is 5.36. The monoisotopic (exact) mass is 433 g/mol. The predicted molar refractivity (Wildman–Crippen MR) is 125 cm³/mol. The van der Waals surface area contributed by atoms with Crippen molar-refractivity contribution in [3.05, 3.63) is 54.0 Å². The Morgan fingerprint density at radius 3 is 2.72 bits per heavy atom. The fourth-order valence-electron chi connectivity index (χ4n) is 4.03. The molecule has 3 heterocycles. The van der Waals surface area contributed by atoms with Gasteiger partial charge in [0, 0.05) is 51.2 Å². The fourth-order valence-corrected chi connectivity index (χ4v) is 4.03. The quantitative estimate of drug-likeness (QED) is 0.616. The van der Waals surface area contributed by atoms with Gasteiger partial charge in [-0.1, -0.05) is 26.0 Å². The molecule has 0 unspecified atom stereocenters. The van der Waals surface area contributed by atoms with E-state index in [1.165, 1.54) is 5.56 Å².